The summed E-state index contributed by atoms with van der Waals surface area (Å²) < 4.78 is 10.6. The second-order valence-electron chi connectivity index (χ2n) is 4.93. The molecule has 1 aliphatic carbocycles. The summed E-state index contributed by atoms with van der Waals surface area (Å²) in [7, 11) is 3.36. The van der Waals surface area contributed by atoms with Crippen LogP contribution in [0.4, 0.5) is 0 Å². The lowest BCUT2D eigenvalue weighted by Crippen LogP contribution is -2.06. The highest BCUT2D eigenvalue weighted by Gasteiger charge is 2.57. The Kier molecular flexibility index (Phi) is 2.58. The molecule has 0 radical (unpaired) electrons. The summed E-state index contributed by atoms with van der Waals surface area (Å²) in [5.74, 6) is 2.11. The van der Waals surface area contributed by atoms with Gasteiger partial charge in [0.1, 0.15) is 11.5 Å². The van der Waals surface area contributed by atoms with E-state index in [4.69, 9.17) is 15.2 Å². The van der Waals surface area contributed by atoms with Crippen LogP contribution >= 0.6 is 0 Å². The fourth-order valence-corrected chi connectivity index (χ4v) is 2.35. The molecular weight excluding hydrogens is 202 g/mol. The van der Waals surface area contributed by atoms with Gasteiger partial charge in [0.2, 0.25) is 0 Å². The second kappa shape index (κ2) is 3.67. The van der Waals surface area contributed by atoms with Crippen molar-refractivity contribution in [3.05, 3.63) is 23.8 Å². The van der Waals surface area contributed by atoms with E-state index in [9.17, 15) is 0 Å². The van der Waals surface area contributed by atoms with Crippen molar-refractivity contribution in [1.82, 2.24) is 0 Å². The van der Waals surface area contributed by atoms with Crippen molar-refractivity contribution in [2.45, 2.75) is 25.8 Å². The van der Waals surface area contributed by atoms with E-state index in [1.807, 2.05) is 18.2 Å². The Morgan fingerprint density at radius 3 is 2.25 bits per heavy atom. The van der Waals surface area contributed by atoms with Crippen LogP contribution in [0.3, 0.4) is 0 Å². The highest BCUT2D eigenvalue weighted by atomic mass is 16.5. The van der Waals surface area contributed by atoms with Crippen LogP contribution in [-0.2, 0) is 0 Å². The normalized spacial score (nSPS) is 26.3. The Hall–Kier alpha value is -1.22. The predicted molar refractivity (Wildman–Crippen MR) is 64.0 cm³/mol. The Bertz CT molecular complexity index is 401. The Morgan fingerprint density at radius 2 is 1.81 bits per heavy atom. The second-order valence-corrected chi connectivity index (χ2v) is 4.93. The standard InChI is InChI=1S/C13H19NO2/c1-13(2)11(12(13)14)9-7-8(15-3)5-6-10(9)16-4/h5-7,11-12H,14H2,1-4H3/t11-,12-/m1/s1. The lowest BCUT2D eigenvalue weighted by Gasteiger charge is -2.11. The van der Waals surface area contributed by atoms with Crippen LogP contribution in [0.1, 0.15) is 25.3 Å². The van der Waals surface area contributed by atoms with Gasteiger partial charge in [0, 0.05) is 17.5 Å². The largest absolute Gasteiger partial charge is 0.497 e. The van der Waals surface area contributed by atoms with Crippen molar-refractivity contribution >= 4 is 0 Å². The van der Waals surface area contributed by atoms with Crippen LogP contribution in [0.5, 0.6) is 11.5 Å². The zero-order valence-corrected chi connectivity index (χ0v) is 10.3. The molecule has 2 N–H and O–H groups in total. The van der Waals surface area contributed by atoms with Crippen LogP contribution in [0.2, 0.25) is 0 Å². The van der Waals surface area contributed by atoms with Crippen molar-refractivity contribution in [3.8, 4) is 11.5 Å². The van der Waals surface area contributed by atoms with Gasteiger partial charge in [-0.2, -0.15) is 0 Å². The number of ether oxygens (including phenoxy) is 2. The van der Waals surface area contributed by atoms with Crippen molar-refractivity contribution in [2.24, 2.45) is 11.1 Å². The molecule has 2 atom stereocenters. The summed E-state index contributed by atoms with van der Waals surface area (Å²) in [5.41, 5.74) is 7.40. The average molecular weight is 221 g/mol. The Labute approximate surface area is 96.5 Å². The van der Waals surface area contributed by atoms with Gasteiger partial charge in [-0.1, -0.05) is 13.8 Å². The number of methoxy groups -OCH3 is 2. The minimum absolute atomic E-state index is 0.152. The van der Waals surface area contributed by atoms with Gasteiger partial charge in [0.15, 0.2) is 0 Å². The number of nitrogens with two attached hydrogens (primary N) is 1. The van der Waals surface area contributed by atoms with Crippen molar-refractivity contribution < 1.29 is 9.47 Å². The molecule has 0 heterocycles. The zero-order valence-electron chi connectivity index (χ0n) is 10.3. The smallest absolute Gasteiger partial charge is 0.122 e. The van der Waals surface area contributed by atoms with E-state index in [-0.39, 0.29) is 11.5 Å². The first-order valence-electron chi connectivity index (χ1n) is 5.50. The number of benzene rings is 1. The van der Waals surface area contributed by atoms with Crippen LogP contribution in [0.25, 0.3) is 0 Å². The van der Waals surface area contributed by atoms with E-state index in [0.29, 0.717) is 5.92 Å². The molecular formula is C13H19NO2. The third kappa shape index (κ3) is 1.55. The zero-order chi connectivity index (χ0) is 11.9. The molecule has 3 nitrogen and oxygen atoms in total. The number of rotatable bonds is 3. The molecule has 0 unspecified atom stereocenters. The van der Waals surface area contributed by atoms with Gasteiger partial charge in [-0.25, -0.2) is 0 Å². The van der Waals surface area contributed by atoms with E-state index < -0.39 is 0 Å². The molecule has 1 saturated carbocycles. The van der Waals surface area contributed by atoms with Gasteiger partial charge in [-0.15, -0.1) is 0 Å². The highest BCUT2D eigenvalue weighted by molar-refractivity contribution is 5.48. The summed E-state index contributed by atoms with van der Waals surface area (Å²) >= 11 is 0. The molecule has 88 valence electrons. The first kappa shape index (κ1) is 11.3. The summed E-state index contributed by atoms with van der Waals surface area (Å²) in [6, 6.07) is 6.07. The first-order valence-corrected chi connectivity index (χ1v) is 5.50. The Balaban J connectivity index is 2.39. The minimum atomic E-state index is 0.152. The molecule has 1 fully saturated rings. The Morgan fingerprint density at radius 1 is 1.19 bits per heavy atom. The molecule has 3 heteroatoms. The fraction of sp³-hybridized carbons (Fsp3) is 0.538. The van der Waals surface area contributed by atoms with E-state index in [1.165, 1.54) is 0 Å². The molecule has 0 spiro atoms. The van der Waals surface area contributed by atoms with Crippen LogP contribution in [-0.4, -0.2) is 20.3 Å². The molecule has 0 bridgehead atoms. The maximum absolute atomic E-state index is 6.10. The van der Waals surface area contributed by atoms with Gasteiger partial charge in [-0.3, -0.25) is 0 Å². The van der Waals surface area contributed by atoms with Gasteiger partial charge in [0.05, 0.1) is 14.2 Å². The molecule has 0 aromatic heterocycles. The SMILES string of the molecule is COc1ccc(OC)c([C@@H]2[C@@H](N)C2(C)C)c1. The van der Waals surface area contributed by atoms with Gasteiger partial charge in [0.25, 0.3) is 0 Å². The van der Waals surface area contributed by atoms with Crippen molar-refractivity contribution in [2.75, 3.05) is 14.2 Å². The highest BCUT2D eigenvalue weighted by Crippen LogP contribution is 2.59. The van der Waals surface area contributed by atoms with Crippen LogP contribution in [0.15, 0.2) is 18.2 Å². The summed E-state index contributed by atoms with van der Waals surface area (Å²) in [4.78, 5) is 0. The summed E-state index contributed by atoms with van der Waals surface area (Å²) in [5, 5.41) is 0. The van der Waals surface area contributed by atoms with Gasteiger partial charge in [-0.05, 0) is 23.6 Å². The van der Waals surface area contributed by atoms with E-state index >= 15 is 0 Å². The van der Waals surface area contributed by atoms with Gasteiger partial charge >= 0.3 is 0 Å². The fourth-order valence-electron chi connectivity index (χ4n) is 2.35. The monoisotopic (exact) mass is 221 g/mol. The quantitative estimate of drug-likeness (QED) is 0.850. The number of hydrogen-bond acceptors (Lipinski definition) is 3. The van der Waals surface area contributed by atoms with Crippen LogP contribution in [0, 0.1) is 5.41 Å². The van der Waals surface area contributed by atoms with Crippen LogP contribution < -0.4 is 15.2 Å². The van der Waals surface area contributed by atoms with Crippen molar-refractivity contribution in [3.63, 3.8) is 0 Å². The maximum atomic E-state index is 6.10. The molecule has 1 aromatic carbocycles. The topological polar surface area (TPSA) is 44.5 Å². The first-order chi connectivity index (χ1) is 7.52. The molecule has 0 aliphatic heterocycles. The average Bonchev–Trinajstić information content (AvgIpc) is 2.77. The lowest BCUT2D eigenvalue weighted by atomic mass is 10.0. The molecule has 2 rings (SSSR count). The van der Waals surface area contributed by atoms with E-state index in [0.717, 1.165) is 17.1 Å². The number of hydrogen-bond donors (Lipinski definition) is 1. The molecule has 0 amide bonds. The predicted octanol–water partition coefficient (Wildman–Crippen LogP) is 2.15. The van der Waals surface area contributed by atoms with Gasteiger partial charge < -0.3 is 15.2 Å². The van der Waals surface area contributed by atoms with E-state index in [2.05, 4.69) is 13.8 Å². The molecule has 1 aromatic rings. The summed E-state index contributed by atoms with van der Waals surface area (Å²) in [6.45, 7) is 4.36. The third-order valence-corrected chi connectivity index (χ3v) is 3.68. The molecule has 16 heavy (non-hydrogen) atoms. The molecule has 0 saturated heterocycles. The molecule has 1 aliphatic rings. The minimum Gasteiger partial charge on any atom is -0.497 e. The lowest BCUT2D eigenvalue weighted by molar-refractivity contribution is 0.397. The third-order valence-electron chi connectivity index (χ3n) is 3.68. The van der Waals surface area contributed by atoms with E-state index in [1.54, 1.807) is 14.2 Å². The maximum Gasteiger partial charge on any atom is 0.122 e. The van der Waals surface area contributed by atoms with Crippen molar-refractivity contribution in [1.29, 1.82) is 0 Å². The summed E-state index contributed by atoms with van der Waals surface area (Å²) in [6.07, 6.45) is 0.